The molecule has 27 heavy (non-hydrogen) atoms. The molecule has 0 radical (unpaired) electrons. The van der Waals surface area contributed by atoms with Crippen LogP contribution in [-0.4, -0.2) is 29.9 Å². The van der Waals surface area contributed by atoms with Gasteiger partial charge in [0.2, 0.25) is 5.91 Å². The van der Waals surface area contributed by atoms with Crippen molar-refractivity contribution < 1.29 is 14.3 Å². The van der Waals surface area contributed by atoms with Crippen molar-refractivity contribution >= 4 is 45.1 Å². The fourth-order valence-electron chi connectivity index (χ4n) is 2.41. The first-order valence-corrected chi connectivity index (χ1v) is 9.71. The molecule has 3 rings (SSSR count). The van der Waals surface area contributed by atoms with Gasteiger partial charge in [-0.15, -0.1) is 11.3 Å². The number of anilines is 1. The van der Waals surface area contributed by atoms with Crippen LogP contribution in [0.5, 0.6) is 11.5 Å². The molecule has 0 saturated heterocycles. The highest BCUT2D eigenvalue weighted by atomic mass is 79.9. The highest BCUT2D eigenvalue weighted by Crippen LogP contribution is 2.24. The van der Waals surface area contributed by atoms with Gasteiger partial charge >= 0.3 is 0 Å². The van der Waals surface area contributed by atoms with Crippen LogP contribution < -0.4 is 14.8 Å². The number of benzene rings is 1. The molecule has 1 amide bonds. The number of carbonyl (C=O) groups excluding carboxylic acids is 1. The molecule has 3 aromatic rings. The fourth-order valence-corrected chi connectivity index (χ4v) is 3.85. The van der Waals surface area contributed by atoms with Gasteiger partial charge < -0.3 is 14.8 Å². The SMILES string of the molecule is COc1cc(C=CC(=O)Nc2ccnn2Cc2cc(Br)cs2)cc(OC)c1. The lowest BCUT2D eigenvalue weighted by molar-refractivity contribution is -0.111. The molecule has 0 aliphatic carbocycles. The topological polar surface area (TPSA) is 65.4 Å². The number of rotatable bonds is 7. The number of carbonyl (C=O) groups is 1. The fraction of sp³-hybridized carbons (Fsp3) is 0.158. The van der Waals surface area contributed by atoms with E-state index in [0.717, 1.165) is 14.9 Å². The third-order valence-corrected chi connectivity index (χ3v) is 5.38. The Morgan fingerprint density at radius 1 is 1.26 bits per heavy atom. The predicted octanol–water partition coefficient (Wildman–Crippen LogP) is 4.42. The minimum Gasteiger partial charge on any atom is -0.497 e. The third kappa shape index (κ3) is 5.21. The Hall–Kier alpha value is -2.58. The Morgan fingerprint density at radius 2 is 2.00 bits per heavy atom. The minimum atomic E-state index is -0.245. The second kappa shape index (κ2) is 8.88. The first-order chi connectivity index (χ1) is 13.1. The number of ether oxygens (including phenoxy) is 2. The number of halogens is 1. The molecule has 6 nitrogen and oxygen atoms in total. The zero-order valence-electron chi connectivity index (χ0n) is 14.8. The molecule has 0 unspecified atom stereocenters. The van der Waals surface area contributed by atoms with Gasteiger partial charge in [-0.05, 0) is 45.8 Å². The molecule has 0 saturated carbocycles. The number of hydrogen-bond donors (Lipinski definition) is 1. The van der Waals surface area contributed by atoms with Gasteiger partial charge in [-0.25, -0.2) is 4.68 Å². The largest absolute Gasteiger partial charge is 0.497 e. The van der Waals surface area contributed by atoms with E-state index in [1.54, 1.807) is 54.6 Å². The van der Waals surface area contributed by atoms with E-state index in [1.165, 1.54) is 6.08 Å². The molecule has 0 atom stereocenters. The Morgan fingerprint density at radius 3 is 2.63 bits per heavy atom. The Balaban J connectivity index is 1.68. The Bertz CT molecular complexity index is 943. The molecule has 0 bridgehead atoms. The highest BCUT2D eigenvalue weighted by molar-refractivity contribution is 9.10. The summed E-state index contributed by atoms with van der Waals surface area (Å²) >= 11 is 5.07. The van der Waals surface area contributed by atoms with Crippen LogP contribution in [0.2, 0.25) is 0 Å². The quantitative estimate of drug-likeness (QED) is 0.544. The van der Waals surface area contributed by atoms with Crippen molar-refractivity contribution in [2.45, 2.75) is 6.54 Å². The molecule has 2 heterocycles. The summed E-state index contributed by atoms with van der Waals surface area (Å²) in [5.74, 6) is 1.72. The first kappa shape index (κ1) is 19.2. The van der Waals surface area contributed by atoms with Crippen molar-refractivity contribution in [1.29, 1.82) is 0 Å². The number of hydrogen-bond acceptors (Lipinski definition) is 5. The summed E-state index contributed by atoms with van der Waals surface area (Å²) in [7, 11) is 3.17. The van der Waals surface area contributed by atoms with Crippen molar-refractivity contribution in [3.63, 3.8) is 0 Å². The summed E-state index contributed by atoms with van der Waals surface area (Å²) in [6.07, 6.45) is 4.83. The molecular formula is C19H18BrN3O3S. The summed E-state index contributed by atoms with van der Waals surface area (Å²) < 4.78 is 13.3. The average Bonchev–Trinajstić information content (AvgIpc) is 3.28. The van der Waals surface area contributed by atoms with Crippen LogP contribution in [0.4, 0.5) is 5.82 Å². The second-order valence-electron chi connectivity index (χ2n) is 5.57. The third-order valence-electron chi connectivity index (χ3n) is 3.70. The molecule has 0 spiro atoms. The minimum absolute atomic E-state index is 0.245. The van der Waals surface area contributed by atoms with Crippen LogP contribution in [0, 0.1) is 0 Å². The van der Waals surface area contributed by atoms with Gasteiger partial charge in [-0.3, -0.25) is 4.79 Å². The lowest BCUT2D eigenvalue weighted by Gasteiger charge is -2.07. The van der Waals surface area contributed by atoms with Crippen LogP contribution in [-0.2, 0) is 11.3 Å². The van der Waals surface area contributed by atoms with Gasteiger partial charge in [0.15, 0.2) is 0 Å². The van der Waals surface area contributed by atoms with Crippen LogP contribution in [0.1, 0.15) is 10.4 Å². The lowest BCUT2D eigenvalue weighted by Crippen LogP contribution is -2.13. The summed E-state index contributed by atoms with van der Waals surface area (Å²) in [6.45, 7) is 0.593. The number of nitrogens with one attached hydrogen (secondary N) is 1. The van der Waals surface area contributed by atoms with Gasteiger partial charge in [0, 0.05) is 32.9 Å². The van der Waals surface area contributed by atoms with Gasteiger partial charge in [0.1, 0.15) is 17.3 Å². The van der Waals surface area contributed by atoms with E-state index in [2.05, 4.69) is 26.3 Å². The van der Waals surface area contributed by atoms with E-state index in [1.807, 2.05) is 23.6 Å². The van der Waals surface area contributed by atoms with Crippen molar-refractivity contribution in [3.05, 3.63) is 62.9 Å². The zero-order valence-corrected chi connectivity index (χ0v) is 17.2. The van der Waals surface area contributed by atoms with Gasteiger partial charge in [0.25, 0.3) is 0 Å². The van der Waals surface area contributed by atoms with E-state index in [9.17, 15) is 4.79 Å². The van der Waals surface area contributed by atoms with Crippen molar-refractivity contribution in [1.82, 2.24) is 9.78 Å². The van der Waals surface area contributed by atoms with Crippen molar-refractivity contribution in [2.75, 3.05) is 19.5 Å². The number of nitrogens with zero attached hydrogens (tertiary/aromatic N) is 2. The molecule has 0 fully saturated rings. The first-order valence-electron chi connectivity index (χ1n) is 8.04. The Labute approximate surface area is 169 Å². The maximum absolute atomic E-state index is 12.3. The summed E-state index contributed by atoms with van der Waals surface area (Å²) in [5.41, 5.74) is 0.804. The van der Waals surface area contributed by atoms with Crippen LogP contribution >= 0.6 is 27.3 Å². The van der Waals surface area contributed by atoms with Crippen LogP contribution in [0.15, 0.2) is 52.5 Å². The zero-order chi connectivity index (χ0) is 19.2. The molecular weight excluding hydrogens is 430 g/mol. The molecule has 8 heteroatoms. The van der Waals surface area contributed by atoms with E-state index in [0.29, 0.717) is 23.9 Å². The summed E-state index contributed by atoms with van der Waals surface area (Å²) in [6, 6.07) is 9.23. The van der Waals surface area contributed by atoms with Crippen molar-refractivity contribution in [3.8, 4) is 11.5 Å². The number of aromatic nitrogens is 2. The summed E-state index contributed by atoms with van der Waals surface area (Å²) in [5, 5.41) is 9.14. The molecule has 1 aromatic carbocycles. The van der Waals surface area contributed by atoms with Gasteiger partial charge in [-0.1, -0.05) is 0 Å². The number of amides is 1. The second-order valence-corrected chi connectivity index (χ2v) is 7.49. The van der Waals surface area contributed by atoms with E-state index in [4.69, 9.17) is 9.47 Å². The highest BCUT2D eigenvalue weighted by Gasteiger charge is 2.07. The van der Waals surface area contributed by atoms with Gasteiger partial charge in [-0.2, -0.15) is 5.10 Å². The van der Waals surface area contributed by atoms with Crippen LogP contribution in [0.25, 0.3) is 6.08 Å². The number of thiophene rings is 1. The smallest absolute Gasteiger partial charge is 0.249 e. The van der Waals surface area contributed by atoms with Gasteiger partial charge in [0.05, 0.1) is 27.0 Å². The lowest BCUT2D eigenvalue weighted by atomic mass is 10.2. The number of methoxy groups -OCH3 is 2. The van der Waals surface area contributed by atoms with Crippen LogP contribution in [0.3, 0.4) is 0 Å². The van der Waals surface area contributed by atoms with E-state index >= 15 is 0 Å². The van der Waals surface area contributed by atoms with E-state index in [-0.39, 0.29) is 5.91 Å². The average molecular weight is 448 g/mol. The molecule has 2 aromatic heterocycles. The Kier molecular flexibility index (Phi) is 6.31. The maximum atomic E-state index is 12.3. The molecule has 1 N–H and O–H groups in total. The molecule has 0 aliphatic rings. The normalized spacial score (nSPS) is 10.9. The summed E-state index contributed by atoms with van der Waals surface area (Å²) in [4.78, 5) is 13.4. The maximum Gasteiger partial charge on any atom is 0.249 e. The monoisotopic (exact) mass is 447 g/mol. The van der Waals surface area contributed by atoms with E-state index < -0.39 is 0 Å². The predicted molar refractivity (Wildman–Crippen MR) is 111 cm³/mol. The molecule has 140 valence electrons. The van der Waals surface area contributed by atoms with Crippen molar-refractivity contribution in [2.24, 2.45) is 0 Å². The molecule has 0 aliphatic heterocycles. The standard InChI is InChI=1S/C19H18BrN3O3S/c1-25-15-7-13(8-16(10-15)26-2)3-4-19(24)22-18-5-6-21-23(18)11-17-9-14(20)12-27-17/h3-10,12H,11H2,1-2H3,(H,22,24).